The second-order valence-electron chi connectivity index (χ2n) is 6.45. The van der Waals surface area contributed by atoms with Crippen LogP contribution in [0.4, 0.5) is 4.39 Å². The number of sulfonamides is 1. The van der Waals surface area contributed by atoms with E-state index < -0.39 is 15.9 Å². The number of carbonyl (C=O) groups is 1. The molecule has 1 heterocycles. The van der Waals surface area contributed by atoms with E-state index in [2.05, 4.69) is 10.3 Å². The van der Waals surface area contributed by atoms with Gasteiger partial charge in [0, 0.05) is 4.88 Å². The van der Waals surface area contributed by atoms with Crippen LogP contribution in [0.5, 0.6) is 0 Å². The number of carbonyl (C=O) groups excluding carboxylic acids is 1. The monoisotopic (exact) mass is 418 g/mol. The van der Waals surface area contributed by atoms with Crippen LogP contribution in [0.15, 0.2) is 65.6 Å². The molecule has 3 aromatic rings. The van der Waals surface area contributed by atoms with Gasteiger partial charge < -0.3 is 0 Å². The molecule has 0 saturated carbocycles. The number of thiophene rings is 1. The van der Waals surface area contributed by atoms with Crippen LogP contribution in [-0.2, 0) is 10.0 Å². The van der Waals surface area contributed by atoms with Gasteiger partial charge in [0.2, 0.25) is 0 Å². The van der Waals surface area contributed by atoms with Crippen LogP contribution in [0.3, 0.4) is 0 Å². The summed E-state index contributed by atoms with van der Waals surface area (Å²) in [6, 6.07) is 15.7. The molecule has 146 valence electrons. The molecule has 5 nitrogen and oxygen atoms in total. The van der Waals surface area contributed by atoms with Crippen LogP contribution in [0, 0.1) is 5.82 Å². The van der Waals surface area contributed by atoms with Crippen molar-refractivity contribution in [2.75, 3.05) is 0 Å². The van der Waals surface area contributed by atoms with Gasteiger partial charge in [-0.15, -0.1) is 16.2 Å². The molecule has 2 aromatic carbocycles. The third-order valence-corrected chi connectivity index (χ3v) is 6.51. The fourth-order valence-electron chi connectivity index (χ4n) is 2.50. The average molecular weight is 419 g/mol. The summed E-state index contributed by atoms with van der Waals surface area (Å²) in [5.41, 5.74) is 4.02. The van der Waals surface area contributed by atoms with E-state index in [0.29, 0.717) is 10.8 Å². The van der Waals surface area contributed by atoms with Gasteiger partial charge in [-0.05, 0) is 53.4 Å². The Hall–Kier alpha value is -2.55. The zero-order valence-corrected chi connectivity index (χ0v) is 16.9. The normalized spacial score (nSPS) is 11.6. The van der Waals surface area contributed by atoms with Crippen LogP contribution in [0.25, 0.3) is 10.4 Å². The Kier molecular flexibility index (Phi) is 5.93. The highest BCUT2D eigenvalue weighted by Crippen LogP contribution is 2.28. The standard InChI is InChI=1S/C20H19FN2O3S2/c1-13(2)14-5-9-17(10-6-14)28(25,26)23-22-20(24)19-12-11-18(27-19)15-3-7-16(21)8-4-15/h3-13,23H,1-2H3,(H,22,24). The van der Waals surface area contributed by atoms with Gasteiger partial charge >= 0.3 is 0 Å². The van der Waals surface area contributed by atoms with E-state index in [9.17, 15) is 17.6 Å². The fourth-order valence-corrected chi connectivity index (χ4v) is 4.24. The molecular weight excluding hydrogens is 399 g/mol. The number of hydrogen-bond acceptors (Lipinski definition) is 4. The highest BCUT2D eigenvalue weighted by molar-refractivity contribution is 7.89. The van der Waals surface area contributed by atoms with E-state index in [1.807, 2.05) is 13.8 Å². The Balaban J connectivity index is 1.67. The van der Waals surface area contributed by atoms with Crippen LogP contribution < -0.4 is 10.3 Å². The summed E-state index contributed by atoms with van der Waals surface area (Å²) < 4.78 is 37.7. The van der Waals surface area contributed by atoms with Crippen molar-refractivity contribution in [3.63, 3.8) is 0 Å². The third kappa shape index (κ3) is 4.64. The van der Waals surface area contributed by atoms with Gasteiger partial charge in [-0.1, -0.05) is 38.1 Å². The summed E-state index contributed by atoms with van der Waals surface area (Å²) in [6.45, 7) is 4.03. The molecule has 0 radical (unpaired) electrons. The molecule has 1 aromatic heterocycles. The molecule has 1 amide bonds. The molecule has 0 fully saturated rings. The summed E-state index contributed by atoms with van der Waals surface area (Å²) in [5, 5.41) is 0. The lowest BCUT2D eigenvalue weighted by molar-refractivity contribution is 0.0949. The first kappa shape index (κ1) is 20.2. The van der Waals surface area contributed by atoms with Crippen molar-refractivity contribution in [3.8, 4) is 10.4 Å². The molecule has 0 spiro atoms. The molecule has 28 heavy (non-hydrogen) atoms. The largest absolute Gasteiger partial charge is 0.276 e. The van der Waals surface area contributed by atoms with Crippen LogP contribution >= 0.6 is 11.3 Å². The van der Waals surface area contributed by atoms with Gasteiger partial charge in [-0.3, -0.25) is 10.2 Å². The zero-order valence-electron chi connectivity index (χ0n) is 15.3. The number of benzene rings is 2. The first-order valence-corrected chi connectivity index (χ1v) is 10.8. The van der Waals surface area contributed by atoms with Crippen molar-refractivity contribution in [1.29, 1.82) is 0 Å². The summed E-state index contributed by atoms with van der Waals surface area (Å²) >= 11 is 1.18. The lowest BCUT2D eigenvalue weighted by atomic mass is 10.0. The van der Waals surface area contributed by atoms with Crippen molar-refractivity contribution in [3.05, 3.63) is 76.9 Å². The Labute approximate surface area is 167 Å². The van der Waals surface area contributed by atoms with Crippen LogP contribution in [0.1, 0.15) is 35.0 Å². The molecule has 0 bridgehead atoms. The van der Waals surface area contributed by atoms with Crippen LogP contribution in [-0.4, -0.2) is 14.3 Å². The fraction of sp³-hybridized carbons (Fsp3) is 0.150. The van der Waals surface area contributed by atoms with Gasteiger partial charge in [0.25, 0.3) is 15.9 Å². The Bertz CT molecular complexity index is 1070. The van der Waals surface area contributed by atoms with Crippen molar-refractivity contribution in [2.24, 2.45) is 0 Å². The summed E-state index contributed by atoms with van der Waals surface area (Å²) in [6.07, 6.45) is 0. The van der Waals surface area contributed by atoms with E-state index in [0.717, 1.165) is 16.0 Å². The summed E-state index contributed by atoms with van der Waals surface area (Å²) in [7, 11) is -3.87. The third-order valence-electron chi connectivity index (χ3n) is 4.11. The van der Waals surface area contributed by atoms with E-state index in [1.165, 1.54) is 35.6 Å². The number of hydrazine groups is 1. The van der Waals surface area contributed by atoms with Crippen molar-refractivity contribution in [2.45, 2.75) is 24.7 Å². The Morgan fingerprint density at radius 3 is 2.21 bits per heavy atom. The molecule has 0 aliphatic rings. The molecule has 8 heteroatoms. The minimum Gasteiger partial charge on any atom is -0.273 e. The first-order valence-electron chi connectivity index (χ1n) is 8.54. The summed E-state index contributed by atoms with van der Waals surface area (Å²) in [4.78, 5) is 15.6. The van der Waals surface area contributed by atoms with Crippen molar-refractivity contribution in [1.82, 2.24) is 10.3 Å². The predicted molar refractivity (Wildman–Crippen MR) is 108 cm³/mol. The maximum atomic E-state index is 13.0. The number of amides is 1. The van der Waals surface area contributed by atoms with Gasteiger partial charge in [-0.25, -0.2) is 12.8 Å². The van der Waals surface area contributed by atoms with E-state index >= 15 is 0 Å². The Morgan fingerprint density at radius 1 is 0.964 bits per heavy atom. The maximum absolute atomic E-state index is 13.0. The minimum atomic E-state index is -3.87. The van der Waals surface area contributed by atoms with Crippen LogP contribution in [0.2, 0.25) is 0 Å². The molecule has 0 aliphatic carbocycles. The van der Waals surface area contributed by atoms with E-state index in [4.69, 9.17) is 0 Å². The quantitative estimate of drug-likeness (QED) is 0.586. The molecular formula is C20H19FN2O3S2. The van der Waals surface area contributed by atoms with E-state index in [1.54, 1.807) is 36.4 Å². The topological polar surface area (TPSA) is 75.3 Å². The average Bonchev–Trinajstić information content (AvgIpc) is 3.17. The zero-order chi connectivity index (χ0) is 20.3. The number of nitrogens with one attached hydrogen (secondary N) is 2. The van der Waals surface area contributed by atoms with Gasteiger partial charge in [0.1, 0.15) is 5.82 Å². The van der Waals surface area contributed by atoms with E-state index in [-0.39, 0.29) is 10.7 Å². The molecule has 0 aliphatic heterocycles. The number of halogens is 1. The first-order chi connectivity index (χ1) is 13.3. The molecule has 2 N–H and O–H groups in total. The number of hydrogen-bond donors (Lipinski definition) is 2. The van der Waals surface area contributed by atoms with Gasteiger partial charge in [-0.2, -0.15) is 0 Å². The summed E-state index contributed by atoms with van der Waals surface area (Å²) in [5.74, 6) is -0.617. The maximum Gasteiger partial charge on any atom is 0.276 e. The second kappa shape index (κ2) is 8.22. The second-order valence-corrected chi connectivity index (χ2v) is 9.22. The van der Waals surface area contributed by atoms with Gasteiger partial charge in [0.15, 0.2) is 0 Å². The molecule has 0 unspecified atom stereocenters. The minimum absolute atomic E-state index is 0.0652. The van der Waals surface area contributed by atoms with Gasteiger partial charge in [0.05, 0.1) is 9.77 Å². The van der Waals surface area contributed by atoms with Crippen molar-refractivity contribution >= 4 is 27.3 Å². The highest BCUT2D eigenvalue weighted by Gasteiger charge is 2.17. The lowest BCUT2D eigenvalue weighted by Gasteiger charge is -2.09. The molecule has 0 atom stereocenters. The molecule has 0 saturated heterocycles. The SMILES string of the molecule is CC(C)c1ccc(S(=O)(=O)NNC(=O)c2ccc(-c3ccc(F)cc3)s2)cc1. The van der Waals surface area contributed by atoms with Crippen molar-refractivity contribution < 1.29 is 17.6 Å². The number of rotatable bonds is 6. The predicted octanol–water partition coefficient (Wildman–Crippen LogP) is 4.30. The smallest absolute Gasteiger partial charge is 0.273 e. The highest BCUT2D eigenvalue weighted by atomic mass is 32.2. The lowest BCUT2D eigenvalue weighted by Crippen LogP contribution is -2.41. The Morgan fingerprint density at radius 2 is 1.61 bits per heavy atom. The molecule has 3 rings (SSSR count).